The molecule has 8 heteroatoms. The Morgan fingerprint density at radius 2 is 2.12 bits per heavy atom. The van der Waals surface area contributed by atoms with E-state index in [-0.39, 0.29) is 11.2 Å². The number of carbonyl (C=O) groups excluding carboxylic acids is 1. The van der Waals surface area contributed by atoms with E-state index >= 15 is 0 Å². The SMILES string of the molecule is COc1ccc(-n2cnc3c2[C@@H](c2cnn(C)c2)SCC(=O)N3)cc1. The number of ether oxygens (including phenoxy) is 1. The minimum atomic E-state index is -0.0439. The monoisotopic (exact) mass is 355 g/mol. The van der Waals surface area contributed by atoms with Crippen LogP contribution in [0.25, 0.3) is 5.69 Å². The van der Waals surface area contributed by atoms with Gasteiger partial charge in [-0.15, -0.1) is 11.8 Å². The number of aryl methyl sites for hydroxylation is 1. The van der Waals surface area contributed by atoms with Gasteiger partial charge in [-0.3, -0.25) is 14.0 Å². The first-order chi connectivity index (χ1) is 12.2. The molecule has 0 bridgehead atoms. The third-order valence-electron chi connectivity index (χ3n) is 4.07. The van der Waals surface area contributed by atoms with E-state index in [1.54, 1.807) is 29.9 Å². The summed E-state index contributed by atoms with van der Waals surface area (Å²) in [5, 5.41) is 7.14. The summed E-state index contributed by atoms with van der Waals surface area (Å²) in [5.41, 5.74) is 2.94. The van der Waals surface area contributed by atoms with E-state index in [2.05, 4.69) is 15.4 Å². The number of aromatic nitrogens is 4. The first-order valence-electron chi connectivity index (χ1n) is 7.77. The molecule has 1 aromatic carbocycles. The lowest BCUT2D eigenvalue weighted by molar-refractivity contribution is -0.113. The zero-order valence-electron chi connectivity index (χ0n) is 13.8. The summed E-state index contributed by atoms with van der Waals surface area (Å²) in [6.45, 7) is 0. The average Bonchev–Trinajstić information content (AvgIpc) is 3.19. The number of nitrogens with zero attached hydrogens (tertiary/aromatic N) is 4. The smallest absolute Gasteiger partial charge is 0.235 e. The molecule has 1 amide bonds. The van der Waals surface area contributed by atoms with Gasteiger partial charge in [-0.2, -0.15) is 5.10 Å². The number of nitrogens with one attached hydrogen (secondary N) is 1. The Bertz CT molecular complexity index is 916. The standard InChI is InChI=1S/C17H17N5O2S/c1-21-8-11(7-19-21)16-15-17(20-14(23)9-25-16)18-10-22(15)12-3-5-13(24-2)6-4-12/h3-8,10,16H,9H2,1-2H3,(H,20,23)/t16-/m1/s1. The molecule has 1 aliphatic heterocycles. The fourth-order valence-electron chi connectivity index (χ4n) is 2.89. The highest BCUT2D eigenvalue weighted by Crippen LogP contribution is 2.41. The summed E-state index contributed by atoms with van der Waals surface area (Å²) < 4.78 is 9.00. The summed E-state index contributed by atoms with van der Waals surface area (Å²) in [5.74, 6) is 1.72. The van der Waals surface area contributed by atoms with Crippen LogP contribution in [0, 0.1) is 0 Å². The molecular weight excluding hydrogens is 338 g/mol. The highest BCUT2D eigenvalue weighted by molar-refractivity contribution is 8.00. The van der Waals surface area contributed by atoms with Gasteiger partial charge in [0.05, 0.1) is 30.0 Å². The van der Waals surface area contributed by atoms with Gasteiger partial charge in [0, 0.05) is 24.5 Å². The fourth-order valence-corrected chi connectivity index (χ4v) is 3.98. The van der Waals surface area contributed by atoms with Gasteiger partial charge in [0.1, 0.15) is 12.1 Å². The Labute approximate surface area is 149 Å². The van der Waals surface area contributed by atoms with Crippen molar-refractivity contribution in [3.63, 3.8) is 0 Å². The van der Waals surface area contributed by atoms with E-state index in [4.69, 9.17) is 4.74 Å². The first-order valence-corrected chi connectivity index (χ1v) is 8.82. The molecule has 1 N–H and O–H groups in total. The molecule has 1 atom stereocenters. The highest BCUT2D eigenvalue weighted by Gasteiger charge is 2.29. The second-order valence-corrected chi connectivity index (χ2v) is 6.83. The first kappa shape index (κ1) is 15.8. The summed E-state index contributed by atoms with van der Waals surface area (Å²) in [6.07, 6.45) is 5.55. The molecule has 0 fully saturated rings. The second kappa shape index (κ2) is 6.29. The van der Waals surface area contributed by atoms with Gasteiger partial charge < -0.3 is 10.1 Å². The molecule has 0 radical (unpaired) electrons. The Morgan fingerprint density at radius 3 is 2.80 bits per heavy atom. The Morgan fingerprint density at radius 1 is 1.32 bits per heavy atom. The molecule has 0 spiro atoms. The van der Waals surface area contributed by atoms with Crippen molar-refractivity contribution in [3.8, 4) is 11.4 Å². The molecule has 0 unspecified atom stereocenters. The van der Waals surface area contributed by atoms with E-state index in [0.717, 1.165) is 22.7 Å². The molecular formula is C17H17N5O2S. The van der Waals surface area contributed by atoms with Crippen LogP contribution >= 0.6 is 11.8 Å². The number of fused-ring (bicyclic) bond motifs is 1. The van der Waals surface area contributed by atoms with Gasteiger partial charge >= 0.3 is 0 Å². The van der Waals surface area contributed by atoms with Gasteiger partial charge in [0.25, 0.3) is 0 Å². The second-order valence-electron chi connectivity index (χ2n) is 5.73. The number of anilines is 1. The van der Waals surface area contributed by atoms with Crippen LogP contribution in [0.15, 0.2) is 43.0 Å². The van der Waals surface area contributed by atoms with Gasteiger partial charge in [0.15, 0.2) is 5.82 Å². The molecule has 7 nitrogen and oxygen atoms in total. The van der Waals surface area contributed by atoms with E-state index in [1.165, 1.54) is 0 Å². The molecule has 4 rings (SSSR count). The van der Waals surface area contributed by atoms with Crippen LogP contribution in [-0.4, -0.2) is 38.1 Å². The van der Waals surface area contributed by atoms with Crippen LogP contribution in [0.4, 0.5) is 5.82 Å². The van der Waals surface area contributed by atoms with Crippen molar-refractivity contribution in [2.24, 2.45) is 7.05 Å². The summed E-state index contributed by atoms with van der Waals surface area (Å²) in [6, 6.07) is 7.75. The third-order valence-corrected chi connectivity index (χ3v) is 5.33. The molecule has 128 valence electrons. The van der Waals surface area contributed by atoms with Gasteiger partial charge in [0.2, 0.25) is 5.91 Å². The average molecular weight is 355 g/mol. The minimum absolute atomic E-state index is 0.0350. The molecule has 0 saturated heterocycles. The lowest BCUT2D eigenvalue weighted by Crippen LogP contribution is -2.12. The quantitative estimate of drug-likeness (QED) is 0.781. The van der Waals surface area contributed by atoms with Crippen LogP contribution in [0.2, 0.25) is 0 Å². The lowest BCUT2D eigenvalue weighted by atomic mass is 10.1. The van der Waals surface area contributed by atoms with Crippen molar-refractivity contribution in [1.82, 2.24) is 19.3 Å². The number of hydrogen-bond donors (Lipinski definition) is 1. The van der Waals surface area contributed by atoms with E-state index in [9.17, 15) is 4.79 Å². The maximum absolute atomic E-state index is 12.0. The van der Waals surface area contributed by atoms with Crippen LogP contribution in [0.5, 0.6) is 5.75 Å². The van der Waals surface area contributed by atoms with Crippen LogP contribution in [0.1, 0.15) is 16.5 Å². The number of thioether (sulfide) groups is 1. The predicted molar refractivity (Wildman–Crippen MR) is 96.3 cm³/mol. The van der Waals surface area contributed by atoms with Crippen molar-refractivity contribution in [3.05, 3.63) is 54.2 Å². The van der Waals surface area contributed by atoms with E-state index in [0.29, 0.717) is 11.6 Å². The van der Waals surface area contributed by atoms with Gasteiger partial charge in [-0.1, -0.05) is 0 Å². The molecule has 0 aliphatic carbocycles. The van der Waals surface area contributed by atoms with E-state index in [1.807, 2.05) is 48.3 Å². The number of carbonyl (C=O) groups is 1. The molecule has 3 aromatic rings. The van der Waals surface area contributed by atoms with E-state index < -0.39 is 0 Å². The predicted octanol–water partition coefficient (Wildman–Crippen LogP) is 2.39. The number of amides is 1. The summed E-state index contributed by atoms with van der Waals surface area (Å²) >= 11 is 1.57. The largest absolute Gasteiger partial charge is 0.497 e. The summed E-state index contributed by atoms with van der Waals surface area (Å²) in [7, 11) is 3.53. The van der Waals surface area contributed by atoms with Crippen molar-refractivity contribution in [1.29, 1.82) is 0 Å². The Kier molecular flexibility index (Phi) is 3.96. The van der Waals surface area contributed by atoms with Crippen LogP contribution in [0.3, 0.4) is 0 Å². The Balaban J connectivity index is 1.83. The molecule has 1 aliphatic rings. The van der Waals surface area contributed by atoms with Crippen molar-refractivity contribution in [2.75, 3.05) is 18.2 Å². The Hall–Kier alpha value is -2.74. The maximum atomic E-state index is 12.0. The van der Waals surface area contributed by atoms with Crippen molar-refractivity contribution >= 4 is 23.5 Å². The van der Waals surface area contributed by atoms with Crippen LogP contribution < -0.4 is 10.1 Å². The van der Waals surface area contributed by atoms with Gasteiger partial charge in [-0.05, 0) is 24.3 Å². The summed E-state index contributed by atoms with van der Waals surface area (Å²) in [4.78, 5) is 16.5. The van der Waals surface area contributed by atoms with Crippen molar-refractivity contribution in [2.45, 2.75) is 5.25 Å². The molecule has 3 heterocycles. The van der Waals surface area contributed by atoms with Crippen molar-refractivity contribution < 1.29 is 9.53 Å². The fraction of sp³-hybridized carbons (Fsp3) is 0.235. The number of rotatable bonds is 3. The van der Waals surface area contributed by atoms with Crippen LogP contribution in [-0.2, 0) is 11.8 Å². The number of imidazole rings is 1. The number of methoxy groups -OCH3 is 1. The maximum Gasteiger partial charge on any atom is 0.235 e. The zero-order chi connectivity index (χ0) is 17.4. The molecule has 25 heavy (non-hydrogen) atoms. The highest BCUT2D eigenvalue weighted by atomic mass is 32.2. The zero-order valence-corrected chi connectivity index (χ0v) is 14.7. The van der Waals surface area contributed by atoms with Gasteiger partial charge in [-0.25, -0.2) is 4.98 Å². The lowest BCUT2D eigenvalue weighted by Gasteiger charge is -2.16. The molecule has 0 saturated carbocycles. The minimum Gasteiger partial charge on any atom is -0.497 e. The topological polar surface area (TPSA) is 74.0 Å². The number of hydrogen-bond acceptors (Lipinski definition) is 5. The molecule has 2 aromatic heterocycles. The number of benzene rings is 1. The third kappa shape index (κ3) is 2.89. The normalized spacial score (nSPS) is 16.9.